The summed E-state index contributed by atoms with van der Waals surface area (Å²) in [6.07, 6.45) is 4.92. The molecule has 2 aliphatic rings. The van der Waals surface area contributed by atoms with Gasteiger partial charge < -0.3 is 15.3 Å². The van der Waals surface area contributed by atoms with Crippen molar-refractivity contribution in [3.05, 3.63) is 59.7 Å². The number of anilines is 1. The molecular weight excluding hydrogens is 506 g/mol. The van der Waals surface area contributed by atoms with Crippen molar-refractivity contribution in [3.63, 3.8) is 0 Å². The Hall–Kier alpha value is -2.95. The lowest BCUT2D eigenvalue weighted by Crippen LogP contribution is -2.55. The smallest absolute Gasteiger partial charge is 0.329 e. The molecule has 3 N–H and O–H groups in total. The maximum Gasteiger partial charge on any atom is 0.329 e. The third kappa shape index (κ3) is 8.02. The minimum absolute atomic E-state index is 0.0666. The number of amides is 1. The minimum Gasteiger partial charge on any atom is -0.480 e. The summed E-state index contributed by atoms with van der Waals surface area (Å²) in [4.78, 5) is 29.1. The largest absolute Gasteiger partial charge is 0.480 e. The molecular formula is C28H39N3O6S. The van der Waals surface area contributed by atoms with Gasteiger partial charge in [0, 0.05) is 37.4 Å². The van der Waals surface area contributed by atoms with Crippen molar-refractivity contribution in [1.29, 1.82) is 0 Å². The number of aryl methyl sites for hydroxylation is 1. The number of nitrogens with zero attached hydrogens (tertiary/aromatic N) is 2. The Morgan fingerprint density at radius 1 is 0.921 bits per heavy atom. The van der Waals surface area contributed by atoms with Crippen molar-refractivity contribution in [2.45, 2.75) is 62.8 Å². The minimum atomic E-state index is -4.02. The first-order chi connectivity index (χ1) is 18.0. The van der Waals surface area contributed by atoms with Crippen LogP contribution in [0.15, 0.2) is 53.4 Å². The highest BCUT2D eigenvalue weighted by Gasteiger charge is 2.41. The molecule has 2 aromatic rings. The number of carbonyl (C=O) groups is 2. The zero-order chi connectivity index (χ0) is 27.8. The summed E-state index contributed by atoms with van der Waals surface area (Å²) in [5.41, 5.74) is 1.49. The van der Waals surface area contributed by atoms with Crippen LogP contribution in [0.4, 0.5) is 5.69 Å². The average Bonchev–Trinajstić information content (AvgIpc) is 2.90. The van der Waals surface area contributed by atoms with E-state index in [4.69, 9.17) is 4.55 Å². The van der Waals surface area contributed by atoms with Crippen LogP contribution < -0.4 is 10.2 Å². The van der Waals surface area contributed by atoms with Crippen molar-refractivity contribution in [1.82, 2.24) is 10.2 Å². The zero-order valence-corrected chi connectivity index (χ0v) is 23.0. The molecule has 1 aliphatic heterocycles. The molecule has 1 saturated heterocycles. The summed E-state index contributed by atoms with van der Waals surface area (Å²) in [7, 11) is -4.02. The van der Waals surface area contributed by atoms with Gasteiger partial charge in [-0.05, 0) is 69.1 Å². The van der Waals surface area contributed by atoms with E-state index < -0.39 is 21.6 Å². The second kappa shape index (κ2) is 13.2. The highest BCUT2D eigenvalue weighted by Crippen LogP contribution is 2.29. The molecule has 0 bridgehead atoms. The molecule has 0 spiro atoms. The molecule has 4 rings (SSSR count). The Bertz CT molecular complexity index is 1170. The normalized spacial score (nSPS) is 17.7. The van der Waals surface area contributed by atoms with E-state index in [2.05, 4.69) is 22.0 Å². The molecule has 9 nitrogen and oxygen atoms in total. The SMILES string of the molecule is CCCN1CCN(c2ccc(C(=O)NC3(C(=O)O)CCCCC3)cc2)CC1.Cc1ccc(S(=O)(=O)O)cc1. The highest BCUT2D eigenvalue weighted by molar-refractivity contribution is 7.85. The molecule has 0 unspecified atom stereocenters. The number of benzene rings is 2. The van der Waals surface area contributed by atoms with Crippen LogP contribution >= 0.6 is 0 Å². The molecule has 0 atom stereocenters. The van der Waals surface area contributed by atoms with Crippen LogP contribution in [-0.4, -0.2) is 73.1 Å². The second-order valence-electron chi connectivity index (χ2n) is 10.1. The van der Waals surface area contributed by atoms with E-state index in [0.29, 0.717) is 18.4 Å². The summed E-state index contributed by atoms with van der Waals surface area (Å²) < 4.78 is 29.6. The van der Waals surface area contributed by atoms with Gasteiger partial charge in [-0.15, -0.1) is 0 Å². The van der Waals surface area contributed by atoms with Crippen molar-refractivity contribution >= 4 is 27.7 Å². The number of hydrogen-bond donors (Lipinski definition) is 3. The van der Waals surface area contributed by atoms with Crippen LogP contribution in [0.3, 0.4) is 0 Å². The number of nitrogens with one attached hydrogen (secondary N) is 1. The fourth-order valence-electron chi connectivity index (χ4n) is 4.92. The van der Waals surface area contributed by atoms with Gasteiger partial charge in [-0.2, -0.15) is 8.42 Å². The maximum absolute atomic E-state index is 12.6. The molecule has 0 radical (unpaired) electrons. The summed E-state index contributed by atoms with van der Waals surface area (Å²) in [6, 6.07) is 13.5. The fourth-order valence-corrected chi connectivity index (χ4v) is 5.40. The summed E-state index contributed by atoms with van der Waals surface area (Å²) in [5.74, 6) is -1.21. The van der Waals surface area contributed by atoms with Crippen LogP contribution in [0, 0.1) is 6.92 Å². The van der Waals surface area contributed by atoms with Gasteiger partial charge in [0.2, 0.25) is 0 Å². The van der Waals surface area contributed by atoms with Crippen LogP contribution in [0.1, 0.15) is 61.4 Å². The van der Waals surface area contributed by atoms with E-state index in [0.717, 1.165) is 63.2 Å². The molecule has 38 heavy (non-hydrogen) atoms. The Labute approximate surface area is 225 Å². The van der Waals surface area contributed by atoms with Gasteiger partial charge in [-0.3, -0.25) is 14.2 Å². The Morgan fingerprint density at radius 3 is 2.00 bits per heavy atom. The average molecular weight is 546 g/mol. The molecule has 10 heteroatoms. The van der Waals surface area contributed by atoms with Crippen LogP contribution in [0.2, 0.25) is 0 Å². The zero-order valence-electron chi connectivity index (χ0n) is 22.2. The van der Waals surface area contributed by atoms with Gasteiger partial charge in [0.25, 0.3) is 16.0 Å². The van der Waals surface area contributed by atoms with E-state index in [1.807, 2.05) is 31.2 Å². The van der Waals surface area contributed by atoms with E-state index in [1.54, 1.807) is 12.1 Å². The standard InChI is InChI=1S/C21H31N3O3.C7H8O3S/c1-2-12-23-13-15-24(16-14-23)18-8-6-17(7-9-18)19(25)22-21(20(26)27)10-4-3-5-11-21;1-6-2-4-7(5-3-6)11(8,9)10/h6-9H,2-5,10-16H2,1H3,(H,22,25)(H,26,27);2-5H,1H3,(H,8,9,10). The Kier molecular flexibility index (Phi) is 10.3. The van der Waals surface area contributed by atoms with Gasteiger partial charge in [-0.1, -0.05) is 43.9 Å². The first-order valence-electron chi connectivity index (χ1n) is 13.2. The molecule has 2 fully saturated rings. The van der Waals surface area contributed by atoms with Crippen LogP contribution in [0.25, 0.3) is 0 Å². The van der Waals surface area contributed by atoms with Gasteiger partial charge in [0.05, 0.1) is 4.90 Å². The molecule has 208 valence electrons. The van der Waals surface area contributed by atoms with Crippen molar-refractivity contribution in [2.24, 2.45) is 0 Å². The lowest BCUT2D eigenvalue weighted by Gasteiger charge is -2.36. The number of hydrogen-bond acceptors (Lipinski definition) is 6. The van der Waals surface area contributed by atoms with Gasteiger partial charge in [0.15, 0.2) is 0 Å². The number of rotatable bonds is 7. The third-order valence-corrected chi connectivity index (χ3v) is 8.06. The van der Waals surface area contributed by atoms with Gasteiger partial charge in [0.1, 0.15) is 5.54 Å². The van der Waals surface area contributed by atoms with Gasteiger partial charge in [-0.25, -0.2) is 4.79 Å². The number of carboxylic acids is 1. The Morgan fingerprint density at radius 2 is 1.50 bits per heavy atom. The molecule has 1 saturated carbocycles. The van der Waals surface area contributed by atoms with E-state index >= 15 is 0 Å². The lowest BCUT2D eigenvalue weighted by atomic mass is 9.81. The number of aliphatic carboxylic acids is 1. The number of carbonyl (C=O) groups excluding carboxylic acids is 1. The van der Waals surface area contributed by atoms with Gasteiger partial charge >= 0.3 is 5.97 Å². The topological polar surface area (TPSA) is 127 Å². The first kappa shape index (κ1) is 29.6. The molecule has 0 aromatic heterocycles. The number of carboxylic acid groups (broad SMARTS) is 1. The van der Waals surface area contributed by atoms with E-state index in [-0.39, 0.29) is 10.8 Å². The third-order valence-electron chi connectivity index (χ3n) is 7.19. The number of piperazine rings is 1. The lowest BCUT2D eigenvalue weighted by molar-refractivity contribution is -0.145. The van der Waals surface area contributed by atoms with Crippen LogP contribution in [0.5, 0.6) is 0 Å². The van der Waals surface area contributed by atoms with Crippen molar-refractivity contribution < 1.29 is 27.7 Å². The van der Waals surface area contributed by atoms with E-state index in [9.17, 15) is 23.1 Å². The molecule has 1 aliphatic carbocycles. The molecule has 2 aromatic carbocycles. The monoisotopic (exact) mass is 545 g/mol. The molecule has 1 amide bonds. The molecule has 1 heterocycles. The first-order valence-corrected chi connectivity index (χ1v) is 14.7. The summed E-state index contributed by atoms with van der Waals surface area (Å²) in [5, 5.41) is 12.4. The summed E-state index contributed by atoms with van der Waals surface area (Å²) >= 11 is 0. The fraction of sp³-hybridized carbons (Fsp3) is 0.500. The van der Waals surface area contributed by atoms with Crippen molar-refractivity contribution in [2.75, 3.05) is 37.6 Å². The maximum atomic E-state index is 12.6. The Balaban J connectivity index is 0.000000304. The predicted octanol–water partition coefficient (Wildman–Crippen LogP) is 3.98. The van der Waals surface area contributed by atoms with E-state index in [1.165, 1.54) is 18.6 Å². The highest BCUT2D eigenvalue weighted by atomic mass is 32.2. The second-order valence-corrected chi connectivity index (χ2v) is 11.5. The van der Waals surface area contributed by atoms with Crippen LogP contribution in [-0.2, 0) is 14.9 Å². The predicted molar refractivity (Wildman–Crippen MR) is 147 cm³/mol. The summed E-state index contributed by atoms with van der Waals surface area (Å²) in [6.45, 7) is 9.32. The van der Waals surface area contributed by atoms with Crippen molar-refractivity contribution in [3.8, 4) is 0 Å². The quantitative estimate of drug-likeness (QED) is 0.446.